The summed E-state index contributed by atoms with van der Waals surface area (Å²) in [7, 11) is 0. The molecule has 0 saturated carbocycles. The summed E-state index contributed by atoms with van der Waals surface area (Å²) in [6.45, 7) is 3.94. The second-order valence-electron chi connectivity index (χ2n) is 4.14. The molecule has 2 aromatic heterocycles. The van der Waals surface area contributed by atoms with E-state index in [4.69, 9.17) is 4.42 Å². The van der Waals surface area contributed by atoms with Gasteiger partial charge in [0.05, 0.1) is 19.0 Å². The molecule has 1 N–H and O–H groups in total. The highest BCUT2D eigenvalue weighted by Crippen LogP contribution is 2.05. The lowest BCUT2D eigenvalue weighted by Crippen LogP contribution is -2.29. The predicted molar refractivity (Wildman–Crippen MR) is 64.5 cm³/mol. The minimum Gasteiger partial charge on any atom is -0.469 e. The third kappa shape index (κ3) is 4.03. The smallest absolute Gasteiger partial charge is 0.103 e. The fraction of sp³-hybridized carbons (Fsp3) is 0.500. The predicted octanol–water partition coefficient (Wildman–Crippen LogP) is 1.48. The Bertz CT molecular complexity index is 396. The van der Waals surface area contributed by atoms with E-state index in [2.05, 4.69) is 22.6 Å². The molecule has 0 saturated heterocycles. The van der Waals surface area contributed by atoms with Crippen molar-refractivity contribution >= 4 is 0 Å². The summed E-state index contributed by atoms with van der Waals surface area (Å²) in [4.78, 5) is 0. The van der Waals surface area contributed by atoms with E-state index in [-0.39, 0.29) is 0 Å². The second kappa shape index (κ2) is 6.20. The minimum atomic E-state index is 0.476. The molecule has 0 radical (unpaired) electrons. The first-order valence-corrected chi connectivity index (χ1v) is 5.94. The number of aryl methyl sites for hydroxylation is 1. The van der Waals surface area contributed by atoms with Crippen molar-refractivity contribution in [3.8, 4) is 0 Å². The average molecular weight is 234 g/mol. The number of aromatic nitrogens is 3. The van der Waals surface area contributed by atoms with E-state index in [0.29, 0.717) is 6.04 Å². The van der Waals surface area contributed by atoms with Crippen molar-refractivity contribution in [1.29, 1.82) is 0 Å². The van der Waals surface area contributed by atoms with Crippen molar-refractivity contribution in [1.82, 2.24) is 20.3 Å². The van der Waals surface area contributed by atoms with Gasteiger partial charge in [0.2, 0.25) is 0 Å². The molecular formula is C12H18N4O. The maximum Gasteiger partial charge on any atom is 0.103 e. The summed E-state index contributed by atoms with van der Waals surface area (Å²) in [6, 6.07) is 4.42. The number of rotatable bonds is 7. The van der Waals surface area contributed by atoms with Gasteiger partial charge in [-0.2, -0.15) is 0 Å². The fourth-order valence-electron chi connectivity index (χ4n) is 1.69. The number of nitrogens with zero attached hydrogens (tertiary/aromatic N) is 3. The molecule has 92 valence electrons. The van der Waals surface area contributed by atoms with Gasteiger partial charge in [-0.1, -0.05) is 5.21 Å². The highest BCUT2D eigenvalue weighted by molar-refractivity contribution is 4.98. The zero-order valence-corrected chi connectivity index (χ0v) is 10.0. The summed E-state index contributed by atoms with van der Waals surface area (Å²) in [5.41, 5.74) is 0. The van der Waals surface area contributed by atoms with Crippen LogP contribution in [0.15, 0.2) is 35.2 Å². The SMILES string of the molecule is CC(CCc1ccco1)NCCn1ccnn1. The third-order valence-electron chi connectivity index (χ3n) is 2.71. The largest absolute Gasteiger partial charge is 0.469 e. The van der Waals surface area contributed by atoms with E-state index in [9.17, 15) is 0 Å². The molecule has 0 amide bonds. The molecule has 0 spiro atoms. The van der Waals surface area contributed by atoms with Gasteiger partial charge in [0.1, 0.15) is 5.76 Å². The van der Waals surface area contributed by atoms with Crippen LogP contribution in [-0.4, -0.2) is 27.6 Å². The van der Waals surface area contributed by atoms with Gasteiger partial charge in [0.15, 0.2) is 0 Å². The van der Waals surface area contributed by atoms with Crippen LogP contribution in [-0.2, 0) is 13.0 Å². The molecule has 0 aliphatic carbocycles. The summed E-state index contributed by atoms with van der Waals surface area (Å²) >= 11 is 0. The first-order chi connectivity index (χ1) is 8.34. The van der Waals surface area contributed by atoms with Crippen LogP contribution in [0.5, 0.6) is 0 Å². The van der Waals surface area contributed by atoms with E-state index in [1.54, 1.807) is 12.5 Å². The van der Waals surface area contributed by atoms with E-state index < -0.39 is 0 Å². The molecule has 0 aliphatic heterocycles. The molecule has 2 rings (SSSR count). The molecule has 0 aliphatic rings. The van der Waals surface area contributed by atoms with Crippen LogP contribution in [0.3, 0.4) is 0 Å². The van der Waals surface area contributed by atoms with Crippen LogP contribution in [0.1, 0.15) is 19.1 Å². The lowest BCUT2D eigenvalue weighted by Gasteiger charge is -2.12. The van der Waals surface area contributed by atoms with Crippen molar-refractivity contribution < 1.29 is 4.42 Å². The molecule has 1 atom stereocenters. The van der Waals surface area contributed by atoms with Gasteiger partial charge in [-0.15, -0.1) is 5.10 Å². The maximum absolute atomic E-state index is 5.30. The Hall–Kier alpha value is -1.62. The normalized spacial score (nSPS) is 12.8. The summed E-state index contributed by atoms with van der Waals surface area (Å²) in [6.07, 6.45) is 7.34. The van der Waals surface area contributed by atoms with Crippen LogP contribution in [0, 0.1) is 0 Å². The van der Waals surface area contributed by atoms with Gasteiger partial charge in [0, 0.05) is 25.2 Å². The lowest BCUT2D eigenvalue weighted by atomic mass is 10.1. The minimum absolute atomic E-state index is 0.476. The standard InChI is InChI=1S/C12H18N4O/c1-11(4-5-12-3-2-10-17-12)13-6-8-16-9-7-14-15-16/h2-3,7,9-11,13H,4-6,8H2,1H3. The Morgan fingerprint density at radius 3 is 3.18 bits per heavy atom. The van der Waals surface area contributed by atoms with Crippen LogP contribution in [0.2, 0.25) is 0 Å². The van der Waals surface area contributed by atoms with Crippen molar-refractivity contribution in [3.05, 3.63) is 36.5 Å². The monoisotopic (exact) mass is 234 g/mol. The zero-order chi connectivity index (χ0) is 11.9. The fourth-order valence-corrected chi connectivity index (χ4v) is 1.69. The summed E-state index contributed by atoms with van der Waals surface area (Å²) in [5, 5.41) is 11.1. The van der Waals surface area contributed by atoms with E-state index in [0.717, 1.165) is 31.7 Å². The van der Waals surface area contributed by atoms with Gasteiger partial charge >= 0.3 is 0 Å². The topological polar surface area (TPSA) is 55.9 Å². The molecule has 0 bridgehead atoms. The van der Waals surface area contributed by atoms with Crippen molar-refractivity contribution in [2.75, 3.05) is 6.54 Å². The van der Waals surface area contributed by atoms with Crippen LogP contribution < -0.4 is 5.32 Å². The summed E-state index contributed by atoms with van der Waals surface area (Å²) < 4.78 is 7.12. The Balaban J connectivity index is 1.59. The van der Waals surface area contributed by atoms with Gasteiger partial charge in [0.25, 0.3) is 0 Å². The van der Waals surface area contributed by atoms with E-state index in [1.807, 2.05) is 23.0 Å². The quantitative estimate of drug-likeness (QED) is 0.788. The Morgan fingerprint density at radius 1 is 1.53 bits per heavy atom. The number of furan rings is 1. The number of nitrogens with one attached hydrogen (secondary N) is 1. The first-order valence-electron chi connectivity index (χ1n) is 5.94. The van der Waals surface area contributed by atoms with Crippen molar-refractivity contribution in [3.63, 3.8) is 0 Å². The maximum atomic E-state index is 5.30. The highest BCUT2D eigenvalue weighted by Gasteiger charge is 2.03. The molecule has 2 heterocycles. The Kier molecular flexibility index (Phi) is 4.32. The average Bonchev–Trinajstić information content (AvgIpc) is 2.99. The molecule has 5 nitrogen and oxygen atoms in total. The second-order valence-corrected chi connectivity index (χ2v) is 4.14. The molecule has 2 aromatic rings. The van der Waals surface area contributed by atoms with Gasteiger partial charge < -0.3 is 9.73 Å². The van der Waals surface area contributed by atoms with Crippen molar-refractivity contribution in [2.24, 2.45) is 0 Å². The summed E-state index contributed by atoms with van der Waals surface area (Å²) in [5.74, 6) is 1.05. The van der Waals surface area contributed by atoms with Crippen LogP contribution in [0.4, 0.5) is 0 Å². The Labute approximate surface area is 101 Å². The van der Waals surface area contributed by atoms with E-state index in [1.165, 1.54) is 0 Å². The van der Waals surface area contributed by atoms with Gasteiger partial charge in [-0.25, -0.2) is 0 Å². The molecule has 0 aromatic carbocycles. The van der Waals surface area contributed by atoms with E-state index >= 15 is 0 Å². The lowest BCUT2D eigenvalue weighted by molar-refractivity contribution is 0.443. The van der Waals surface area contributed by atoms with Crippen LogP contribution in [0.25, 0.3) is 0 Å². The number of hydrogen-bond donors (Lipinski definition) is 1. The molecule has 17 heavy (non-hydrogen) atoms. The van der Waals surface area contributed by atoms with Crippen LogP contribution >= 0.6 is 0 Å². The molecule has 0 fully saturated rings. The number of hydrogen-bond acceptors (Lipinski definition) is 4. The van der Waals surface area contributed by atoms with Gasteiger partial charge in [-0.3, -0.25) is 4.68 Å². The van der Waals surface area contributed by atoms with Crippen molar-refractivity contribution in [2.45, 2.75) is 32.4 Å². The third-order valence-corrected chi connectivity index (χ3v) is 2.71. The molecule has 5 heteroatoms. The first kappa shape index (κ1) is 11.9. The van der Waals surface area contributed by atoms with Gasteiger partial charge in [-0.05, 0) is 25.5 Å². The highest BCUT2D eigenvalue weighted by atomic mass is 16.3. The zero-order valence-electron chi connectivity index (χ0n) is 10.0. The Morgan fingerprint density at radius 2 is 2.47 bits per heavy atom. The molecule has 1 unspecified atom stereocenters. The molecular weight excluding hydrogens is 216 g/mol.